The molecule has 1 aliphatic heterocycles. The van der Waals surface area contributed by atoms with Crippen molar-refractivity contribution in [1.82, 2.24) is 9.88 Å². The first-order valence-electron chi connectivity index (χ1n) is 7.70. The van der Waals surface area contributed by atoms with Crippen molar-refractivity contribution in [3.05, 3.63) is 36.0 Å². The van der Waals surface area contributed by atoms with Gasteiger partial charge in [-0.2, -0.15) is 0 Å². The summed E-state index contributed by atoms with van der Waals surface area (Å²) in [5.74, 6) is 0.556. The van der Waals surface area contributed by atoms with Gasteiger partial charge in [-0.05, 0) is 41.5 Å². The number of ether oxygens (including phenoxy) is 2. The number of rotatable bonds is 5. The van der Waals surface area contributed by atoms with Crippen LogP contribution in [0.25, 0.3) is 10.9 Å². The number of fused-ring (bicyclic) bond motifs is 1. The molecule has 2 aromatic rings. The van der Waals surface area contributed by atoms with Crippen LogP contribution in [-0.4, -0.2) is 56.4 Å². The molecule has 0 spiro atoms. The third kappa shape index (κ3) is 3.84. The number of aromatic amines is 1. The minimum atomic E-state index is 0.556. The topological polar surface area (TPSA) is 37.5 Å². The molecule has 1 aromatic heterocycles. The molecular formula is C17H24N2O2. The average Bonchev–Trinajstić information content (AvgIpc) is 2.84. The molecule has 0 saturated carbocycles. The van der Waals surface area contributed by atoms with Crippen LogP contribution in [0, 0.1) is 5.92 Å². The van der Waals surface area contributed by atoms with E-state index >= 15 is 0 Å². The van der Waals surface area contributed by atoms with E-state index in [2.05, 4.69) is 34.1 Å². The zero-order valence-electron chi connectivity index (χ0n) is 12.7. The molecule has 1 aromatic carbocycles. The summed E-state index contributed by atoms with van der Waals surface area (Å²) < 4.78 is 11.0. The first-order chi connectivity index (χ1) is 10.3. The van der Waals surface area contributed by atoms with Crippen molar-refractivity contribution in [3.63, 3.8) is 0 Å². The Morgan fingerprint density at radius 2 is 2.33 bits per heavy atom. The number of hydrogen-bond donors (Lipinski definition) is 1. The Hall–Kier alpha value is -1.36. The van der Waals surface area contributed by atoms with Gasteiger partial charge in [0.05, 0.1) is 19.8 Å². The minimum Gasteiger partial charge on any atom is -0.383 e. The van der Waals surface area contributed by atoms with E-state index in [4.69, 9.17) is 9.47 Å². The van der Waals surface area contributed by atoms with Crippen molar-refractivity contribution in [2.45, 2.75) is 6.42 Å². The van der Waals surface area contributed by atoms with Crippen LogP contribution >= 0.6 is 0 Å². The van der Waals surface area contributed by atoms with Crippen molar-refractivity contribution in [1.29, 1.82) is 0 Å². The molecule has 1 saturated heterocycles. The fourth-order valence-electron chi connectivity index (χ4n) is 3.06. The largest absolute Gasteiger partial charge is 0.383 e. The van der Waals surface area contributed by atoms with Crippen LogP contribution < -0.4 is 0 Å². The second kappa shape index (κ2) is 7.07. The van der Waals surface area contributed by atoms with Crippen molar-refractivity contribution in [2.24, 2.45) is 5.92 Å². The van der Waals surface area contributed by atoms with Crippen molar-refractivity contribution in [3.8, 4) is 0 Å². The molecule has 4 nitrogen and oxygen atoms in total. The Morgan fingerprint density at radius 3 is 3.24 bits per heavy atom. The normalized spacial score (nSPS) is 20.7. The fourth-order valence-corrected chi connectivity index (χ4v) is 3.06. The maximum Gasteiger partial charge on any atom is 0.0593 e. The lowest BCUT2D eigenvalue weighted by Gasteiger charge is -2.23. The van der Waals surface area contributed by atoms with Crippen LogP contribution in [0.2, 0.25) is 0 Å². The Labute approximate surface area is 126 Å². The van der Waals surface area contributed by atoms with E-state index < -0.39 is 0 Å². The highest BCUT2D eigenvalue weighted by Crippen LogP contribution is 2.19. The molecule has 1 unspecified atom stereocenters. The number of nitrogens with one attached hydrogen (secondary N) is 1. The third-order valence-electron chi connectivity index (χ3n) is 4.18. The predicted octanol–water partition coefficient (Wildman–Crippen LogP) is 2.31. The van der Waals surface area contributed by atoms with Gasteiger partial charge < -0.3 is 14.5 Å². The van der Waals surface area contributed by atoms with E-state index in [-0.39, 0.29) is 0 Å². The van der Waals surface area contributed by atoms with Crippen molar-refractivity contribution >= 4 is 10.9 Å². The molecule has 1 N–H and O–H groups in total. The molecule has 1 fully saturated rings. The standard InChI is InChI=1S/C17H24N2O2/c1-20-8-6-19-7-9-21-13-15(12-19)10-14-2-3-17-16(11-14)4-5-18-17/h2-5,11,15,18H,6-10,12-13H2,1H3. The summed E-state index contributed by atoms with van der Waals surface area (Å²) in [6.45, 7) is 5.58. The molecule has 4 heteroatoms. The van der Waals surface area contributed by atoms with Gasteiger partial charge in [-0.3, -0.25) is 4.90 Å². The van der Waals surface area contributed by atoms with Gasteiger partial charge >= 0.3 is 0 Å². The first-order valence-corrected chi connectivity index (χ1v) is 7.70. The van der Waals surface area contributed by atoms with Crippen molar-refractivity contribution in [2.75, 3.05) is 46.6 Å². The highest BCUT2D eigenvalue weighted by molar-refractivity contribution is 5.79. The predicted molar refractivity (Wildman–Crippen MR) is 84.6 cm³/mol. The molecule has 0 aliphatic carbocycles. The van der Waals surface area contributed by atoms with Gasteiger partial charge in [-0.25, -0.2) is 0 Å². The van der Waals surface area contributed by atoms with E-state index in [1.807, 2.05) is 6.20 Å². The van der Waals surface area contributed by atoms with E-state index in [0.29, 0.717) is 5.92 Å². The lowest BCUT2D eigenvalue weighted by Crippen LogP contribution is -2.33. The zero-order chi connectivity index (χ0) is 14.5. The summed E-state index contributed by atoms with van der Waals surface area (Å²) in [7, 11) is 1.76. The van der Waals surface area contributed by atoms with Crippen molar-refractivity contribution < 1.29 is 9.47 Å². The Kier molecular flexibility index (Phi) is 4.91. The van der Waals surface area contributed by atoms with Crippen LogP contribution in [0.4, 0.5) is 0 Å². The Bertz CT molecular complexity index is 567. The van der Waals surface area contributed by atoms with Crippen LogP contribution in [0.15, 0.2) is 30.5 Å². The molecule has 3 rings (SSSR count). The SMILES string of the molecule is COCCN1CCOCC(Cc2ccc3[nH]ccc3c2)C1. The first kappa shape index (κ1) is 14.6. The molecule has 114 valence electrons. The number of H-pyrrole nitrogens is 1. The summed E-state index contributed by atoms with van der Waals surface area (Å²) in [5.41, 5.74) is 2.60. The number of methoxy groups -OCH3 is 1. The highest BCUT2D eigenvalue weighted by atomic mass is 16.5. The molecule has 0 amide bonds. The number of nitrogens with zero attached hydrogens (tertiary/aromatic N) is 1. The van der Waals surface area contributed by atoms with E-state index in [0.717, 1.165) is 45.9 Å². The zero-order valence-corrected chi connectivity index (χ0v) is 12.7. The molecule has 21 heavy (non-hydrogen) atoms. The van der Waals surface area contributed by atoms with Gasteiger partial charge in [0.25, 0.3) is 0 Å². The van der Waals surface area contributed by atoms with E-state index in [1.165, 1.54) is 16.5 Å². The molecule has 0 bridgehead atoms. The Balaban J connectivity index is 1.64. The van der Waals surface area contributed by atoms with Gasteiger partial charge in [0.1, 0.15) is 0 Å². The van der Waals surface area contributed by atoms with Crippen LogP contribution in [0.5, 0.6) is 0 Å². The van der Waals surface area contributed by atoms with Gasteiger partial charge in [0.2, 0.25) is 0 Å². The van der Waals surface area contributed by atoms with E-state index in [9.17, 15) is 0 Å². The quantitative estimate of drug-likeness (QED) is 0.917. The number of hydrogen-bond acceptors (Lipinski definition) is 3. The average molecular weight is 288 g/mol. The van der Waals surface area contributed by atoms with Crippen LogP contribution in [0.3, 0.4) is 0 Å². The van der Waals surface area contributed by atoms with Crippen LogP contribution in [-0.2, 0) is 15.9 Å². The number of aromatic nitrogens is 1. The number of benzene rings is 1. The Morgan fingerprint density at radius 1 is 1.38 bits per heavy atom. The molecule has 0 radical (unpaired) electrons. The smallest absolute Gasteiger partial charge is 0.0593 e. The summed E-state index contributed by atoms with van der Waals surface area (Å²) >= 11 is 0. The second-order valence-corrected chi connectivity index (χ2v) is 5.84. The minimum absolute atomic E-state index is 0.556. The van der Waals surface area contributed by atoms with Gasteiger partial charge in [-0.15, -0.1) is 0 Å². The third-order valence-corrected chi connectivity index (χ3v) is 4.18. The monoisotopic (exact) mass is 288 g/mol. The van der Waals surface area contributed by atoms with Gasteiger partial charge in [0, 0.05) is 38.5 Å². The highest BCUT2D eigenvalue weighted by Gasteiger charge is 2.18. The maximum atomic E-state index is 5.77. The lowest BCUT2D eigenvalue weighted by atomic mass is 9.98. The molecule has 2 heterocycles. The summed E-state index contributed by atoms with van der Waals surface area (Å²) in [6.07, 6.45) is 3.07. The van der Waals surface area contributed by atoms with Crippen LogP contribution in [0.1, 0.15) is 5.56 Å². The summed E-state index contributed by atoms with van der Waals surface area (Å²) in [5, 5.41) is 1.29. The van der Waals surface area contributed by atoms with E-state index in [1.54, 1.807) is 7.11 Å². The summed E-state index contributed by atoms with van der Waals surface area (Å²) in [6, 6.07) is 8.82. The molecule has 1 atom stereocenters. The molecular weight excluding hydrogens is 264 g/mol. The fraction of sp³-hybridized carbons (Fsp3) is 0.529. The summed E-state index contributed by atoms with van der Waals surface area (Å²) in [4.78, 5) is 5.70. The van der Waals surface area contributed by atoms with Gasteiger partial charge in [0.15, 0.2) is 0 Å². The molecule has 1 aliphatic rings. The van der Waals surface area contributed by atoms with Gasteiger partial charge in [-0.1, -0.05) is 6.07 Å². The second-order valence-electron chi connectivity index (χ2n) is 5.84. The maximum absolute atomic E-state index is 5.77. The lowest BCUT2D eigenvalue weighted by molar-refractivity contribution is 0.119.